The Morgan fingerprint density at radius 1 is 1.27 bits per heavy atom. The summed E-state index contributed by atoms with van der Waals surface area (Å²) in [6.07, 6.45) is 4.44. The van der Waals surface area contributed by atoms with E-state index in [1.807, 2.05) is 42.2 Å². The van der Waals surface area contributed by atoms with Gasteiger partial charge in [-0.05, 0) is 51.8 Å². The number of likely N-dealkylation sites (N-methyl/N-ethyl adjacent to an activating group) is 1. The van der Waals surface area contributed by atoms with Crippen molar-refractivity contribution < 1.29 is 13.9 Å². The third-order valence-electron chi connectivity index (χ3n) is 6.37. The maximum atomic E-state index is 12.9. The highest BCUT2D eigenvalue weighted by Gasteiger charge is 2.46. The van der Waals surface area contributed by atoms with E-state index in [1.165, 1.54) is 12.8 Å². The van der Waals surface area contributed by atoms with Crippen LogP contribution in [0, 0.1) is 0 Å². The van der Waals surface area contributed by atoms with Gasteiger partial charge >= 0.3 is 0 Å². The zero-order valence-corrected chi connectivity index (χ0v) is 15.7. The first-order chi connectivity index (χ1) is 12.6. The van der Waals surface area contributed by atoms with Crippen LogP contribution in [0.4, 0.5) is 0 Å². The van der Waals surface area contributed by atoms with Crippen molar-refractivity contribution in [1.29, 1.82) is 0 Å². The minimum atomic E-state index is 0.0163. The molecule has 1 spiro atoms. The summed E-state index contributed by atoms with van der Waals surface area (Å²) in [5.74, 6) is 0.471. The molecule has 0 radical (unpaired) electrons. The molecule has 140 valence electrons. The topological polar surface area (TPSA) is 45.9 Å². The van der Waals surface area contributed by atoms with E-state index in [0.717, 1.165) is 50.1 Å². The van der Waals surface area contributed by atoms with Gasteiger partial charge in [-0.1, -0.05) is 18.2 Å². The number of carbonyl (C=O) groups excluding carboxylic acids is 1. The van der Waals surface area contributed by atoms with Crippen LogP contribution < -0.4 is 0 Å². The van der Waals surface area contributed by atoms with E-state index >= 15 is 0 Å². The lowest BCUT2D eigenvalue weighted by molar-refractivity contribution is 0.0202. The molecule has 2 aliphatic rings. The van der Waals surface area contributed by atoms with Gasteiger partial charge in [-0.15, -0.1) is 0 Å². The molecule has 2 aromatic rings. The van der Waals surface area contributed by atoms with E-state index in [1.54, 1.807) is 0 Å². The van der Waals surface area contributed by atoms with E-state index in [2.05, 4.69) is 11.9 Å². The number of furan rings is 1. The fourth-order valence-electron chi connectivity index (χ4n) is 4.61. The fourth-order valence-corrected chi connectivity index (χ4v) is 4.61. The second-order valence-electron chi connectivity index (χ2n) is 7.63. The molecular formula is C21H28N2O3. The molecule has 4 rings (SSSR count). The van der Waals surface area contributed by atoms with Crippen molar-refractivity contribution in [3.8, 4) is 0 Å². The molecular weight excluding hydrogens is 328 g/mol. The predicted octanol–water partition coefficient (Wildman–Crippen LogP) is 3.54. The quantitative estimate of drug-likeness (QED) is 0.841. The van der Waals surface area contributed by atoms with Crippen molar-refractivity contribution in [2.45, 2.75) is 44.2 Å². The Morgan fingerprint density at radius 2 is 2.04 bits per heavy atom. The van der Waals surface area contributed by atoms with Gasteiger partial charge in [0, 0.05) is 36.7 Å². The molecule has 3 heterocycles. The minimum Gasteiger partial charge on any atom is -0.451 e. The molecule has 1 atom stereocenters. The van der Waals surface area contributed by atoms with Gasteiger partial charge in [0.2, 0.25) is 0 Å². The second kappa shape index (κ2) is 7.05. The number of carbonyl (C=O) groups is 1. The second-order valence-corrected chi connectivity index (χ2v) is 7.63. The summed E-state index contributed by atoms with van der Waals surface area (Å²) < 4.78 is 11.4. The lowest BCUT2D eigenvalue weighted by Crippen LogP contribution is -2.54. The first kappa shape index (κ1) is 17.6. The van der Waals surface area contributed by atoms with Gasteiger partial charge in [0.05, 0.1) is 6.61 Å². The maximum absolute atomic E-state index is 12.9. The summed E-state index contributed by atoms with van der Waals surface area (Å²) in [4.78, 5) is 17.3. The van der Waals surface area contributed by atoms with Crippen molar-refractivity contribution in [3.05, 3.63) is 36.1 Å². The van der Waals surface area contributed by atoms with E-state index in [4.69, 9.17) is 9.15 Å². The number of amides is 1. The maximum Gasteiger partial charge on any atom is 0.289 e. The normalized spacial score (nSPS) is 23.2. The van der Waals surface area contributed by atoms with Gasteiger partial charge in [0.25, 0.3) is 5.91 Å². The number of piperidine rings is 1. The number of nitrogens with zero attached hydrogens (tertiary/aromatic N) is 2. The Bertz CT molecular complexity index is 743. The van der Waals surface area contributed by atoms with Crippen LogP contribution in [0.1, 0.15) is 43.2 Å². The molecule has 2 fully saturated rings. The average Bonchev–Trinajstić information content (AvgIpc) is 3.23. The van der Waals surface area contributed by atoms with Crippen molar-refractivity contribution >= 4 is 16.9 Å². The summed E-state index contributed by atoms with van der Waals surface area (Å²) in [5, 5.41) is 0.985. The van der Waals surface area contributed by atoms with Gasteiger partial charge < -0.3 is 14.1 Å². The van der Waals surface area contributed by atoms with Crippen LogP contribution >= 0.6 is 0 Å². The average molecular weight is 356 g/mol. The molecule has 0 aliphatic carbocycles. The molecule has 1 aromatic carbocycles. The number of benzene rings is 1. The van der Waals surface area contributed by atoms with E-state index in [-0.39, 0.29) is 11.4 Å². The van der Waals surface area contributed by atoms with Crippen molar-refractivity contribution in [2.24, 2.45) is 0 Å². The van der Waals surface area contributed by atoms with Crippen LogP contribution in [-0.2, 0) is 4.74 Å². The lowest BCUT2D eigenvalue weighted by atomic mass is 9.85. The van der Waals surface area contributed by atoms with Gasteiger partial charge in [-0.3, -0.25) is 9.69 Å². The lowest BCUT2D eigenvalue weighted by Gasteiger charge is -2.44. The third-order valence-corrected chi connectivity index (χ3v) is 6.37. The molecule has 26 heavy (non-hydrogen) atoms. The highest BCUT2D eigenvalue weighted by Crippen LogP contribution is 2.40. The molecule has 2 aliphatic heterocycles. The van der Waals surface area contributed by atoms with Gasteiger partial charge in [0.15, 0.2) is 5.76 Å². The number of hydrogen-bond donors (Lipinski definition) is 0. The van der Waals surface area contributed by atoms with Gasteiger partial charge in [-0.25, -0.2) is 0 Å². The Labute approximate surface area is 154 Å². The standard InChI is InChI=1S/C21H28N2O3/c1-3-25-15-17-8-9-21(22(17)2)10-12-23(13-11-21)20(24)19-14-16-6-4-5-7-18(16)26-19/h4-7,14,17H,3,8-13,15H2,1-2H3/t17-/m1/s1. The predicted molar refractivity (Wildman–Crippen MR) is 101 cm³/mol. The third kappa shape index (κ3) is 3.03. The summed E-state index contributed by atoms with van der Waals surface area (Å²) in [6.45, 7) is 5.23. The first-order valence-electron chi connectivity index (χ1n) is 9.71. The van der Waals surface area contributed by atoms with Crippen LogP contribution in [0.25, 0.3) is 11.0 Å². The van der Waals surface area contributed by atoms with Crippen LogP contribution in [0.15, 0.2) is 34.7 Å². The Kier molecular flexibility index (Phi) is 4.76. The number of likely N-dealkylation sites (tertiary alicyclic amines) is 2. The summed E-state index contributed by atoms with van der Waals surface area (Å²) in [7, 11) is 2.23. The van der Waals surface area contributed by atoms with Crippen molar-refractivity contribution in [1.82, 2.24) is 9.80 Å². The molecule has 0 unspecified atom stereocenters. The summed E-state index contributed by atoms with van der Waals surface area (Å²) in [6, 6.07) is 10.1. The van der Waals surface area contributed by atoms with Crippen LogP contribution in [0.3, 0.4) is 0 Å². The number of fused-ring (bicyclic) bond motifs is 1. The number of rotatable bonds is 4. The number of hydrogen-bond acceptors (Lipinski definition) is 4. The smallest absolute Gasteiger partial charge is 0.289 e. The van der Waals surface area contributed by atoms with E-state index in [9.17, 15) is 4.79 Å². The molecule has 0 N–H and O–H groups in total. The van der Waals surface area contributed by atoms with Crippen LogP contribution in [-0.4, -0.2) is 60.6 Å². The van der Waals surface area contributed by atoms with Crippen molar-refractivity contribution in [2.75, 3.05) is 33.4 Å². The molecule has 1 amide bonds. The molecule has 2 saturated heterocycles. The van der Waals surface area contributed by atoms with Crippen LogP contribution in [0.5, 0.6) is 0 Å². The Hall–Kier alpha value is -1.85. The van der Waals surface area contributed by atoms with Gasteiger partial charge in [0.1, 0.15) is 5.58 Å². The zero-order valence-electron chi connectivity index (χ0n) is 15.7. The minimum absolute atomic E-state index is 0.0163. The highest BCUT2D eigenvalue weighted by atomic mass is 16.5. The molecule has 0 bridgehead atoms. The number of para-hydroxylation sites is 1. The Morgan fingerprint density at radius 3 is 2.77 bits per heavy atom. The largest absolute Gasteiger partial charge is 0.451 e. The molecule has 5 nitrogen and oxygen atoms in total. The Balaban J connectivity index is 1.41. The van der Waals surface area contributed by atoms with E-state index in [0.29, 0.717) is 11.8 Å². The first-order valence-corrected chi connectivity index (χ1v) is 9.71. The summed E-state index contributed by atoms with van der Waals surface area (Å²) >= 11 is 0. The molecule has 1 aromatic heterocycles. The SMILES string of the molecule is CCOC[C@H]1CCC2(CCN(C(=O)c3cc4ccccc4o3)CC2)N1C. The van der Waals surface area contributed by atoms with Gasteiger partial charge in [-0.2, -0.15) is 0 Å². The van der Waals surface area contributed by atoms with Crippen LogP contribution in [0.2, 0.25) is 0 Å². The monoisotopic (exact) mass is 356 g/mol. The highest BCUT2D eigenvalue weighted by molar-refractivity contribution is 5.96. The fraction of sp³-hybridized carbons (Fsp3) is 0.571. The molecule has 5 heteroatoms. The molecule has 0 saturated carbocycles. The number of ether oxygens (including phenoxy) is 1. The zero-order chi connectivity index (χ0) is 18.1. The summed E-state index contributed by atoms with van der Waals surface area (Å²) in [5.41, 5.74) is 1.01. The van der Waals surface area contributed by atoms with E-state index < -0.39 is 0 Å². The van der Waals surface area contributed by atoms with Crippen molar-refractivity contribution in [3.63, 3.8) is 0 Å².